The molecular weight excluding hydrogens is 263 g/mol. The van der Waals surface area contributed by atoms with Crippen LogP contribution in [0.1, 0.15) is 6.92 Å². The van der Waals surface area contributed by atoms with Crippen LogP contribution in [0.15, 0.2) is 6.07 Å². The fourth-order valence-corrected chi connectivity index (χ4v) is 2.24. The highest BCUT2D eigenvalue weighted by atomic mass is 35.5. The van der Waals surface area contributed by atoms with Gasteiger partial charge < -0.3 is 10.6 Å². The van der Waals surface area contributed by atoms with Crippen molar-refractivity contribution in [1.82, 2.24) is 15.3 Å². The maximum atomic E-state index is 12.0. The second-order valence-corrected chi connectivity index (χ2v) is 4.80. The van der Waals surface area contributed by atoms with Gasteiger partial charge >= 0.3 is 0 Å². The van der Waals surface area contributed by atoms with Gasteiger partial charge in [-0.3, -0.25) is 4.79 Å². The number of hydrogen-bond acceptors (Lipinski definition) is 4. The van der Waals surface area contributed by atoms with Crippen LogP contribution in [0.2, 0.25) is 10.4 Å². The predicted octanol–water partition coefficient (Wildman–Crippen LogP) is 1.58. The molecule has 0 aliphatic carbocycles. The number of nitrogens with one attached hydrogen (secondary N) is 2. The van der Waals surface area contributed by atoms with Crippen LogP contribution in [0.5, 0.6) is 0 Å². The van der Waals surface area contributed by atoms with Crippen LogP contribution in [-0.4, -0.2) is 29.0 Å². The van der Waals surface area contributed by atoms with E-state index in [0.29, 0.717) is 18.3 Å². The number of nitrogens with zero attached hydrogens (tertiary/aromatic N) is 2. The summed E-state index contributed by atoms with van der Waals surface area (Å²) in [5.41, 5.74) is 0. The van der Waals surface area contributed by atoms with Crippen molar-refractivity contribution in [2.45, 2.75) is 6.92 Å². The average Bonchev–Trinajstić information content (AvgIpc) is 2.62. The molecule has 0 unspecified atom stereocenters. The zero-order valence-corrected chi connectivity index (χ0v) is 10.7. The summed E-state index contributed by atoms with van der Waals surface area (Å²) < 4.78 is 0. The van der Waals surface area contributed by atoms with Gasteiger partial charge in [0.25, 0.3) is 0 Å². The molecular formula is C10H12Cl2N4O. The number of rotatable bonds is 2. The molecule has 2 atom stereocenters. The third-order valence-corrected chi connectivity index (χ3v) is 3.14. The maximum Gasteiger partial charge on any atom is 0.230 e. The first-order valence-electron chi connectivity index (χ1n) is 5.28. The van der Waals surface area contributed by atoms with Crippen LogP contribution in [0.3, 0.4) is 0 Å². The molecule has 17 heavy (non-hydrogen) atoms. The van der Waals surface area contributed by atoms with Gasteiger partial charge in [0.05, 0.1) is 5.92 Å². The van der Waals surface area contributed by atoms with Gasteiger partial charge in [-0.15, -0.1) is 0 Å². The average molecular weight is 275 g/mol. The summed E-state index contributed by atoms with van der Waals surface area (Å²) in [4.78, 5) is 19.5. The summed E-state index contributed by atoms with van der Waals surface area (Å²) >= 11 is 11.4. The standard InChI is InChI=1S/C10H12Cl2N4O/c1-5-3-13-4-6(5)9(17)15-8-2-7(11)14-10(12)16-8/h2,5-6,13H,3-4H2,1H3,(H,14,15,16,17)/t5-,6-/m1/s1. The Balaban J connectivity index is 2.07. The molecule has 1 aromatic rings. The van der Waals surface area contributed by atoms with Crippen LogP contribution < -0.4 is 10.6 Å². The van der Waals surface area contributed by atoms with E-state index in [9.17, 15) is 4.79 Å². The van der Waals surface area contributed by atoms with Crippen molar-refractivity contribution < 1.29 is 4.79 Å². The molecule has 7 heteroatoms. The minimum atomic E-state index is -0.0756. The first-order valence-corrected chi connectivity index (χ1v) is 6.03. The maximum absolute atomic E-state index is 12.0. The molecule has 1 saturated heterocycles. The smallest absolute Gasteiger partial charge is 0.230 e. The number of carbonyl (C=O) groups excluding carboxylic acids is 1. The molecule has 0 saturated carbocycles. The highest BCUT2D eigenvalue weighted by molar-refractivity contribution is 6.32. The molecule has 2 rings (SSSR count). The Morgan fingerprint density at radius 3 is 2.82 bits per heavy atom. The molecule has 5 nitrogen and oxygen atoms in total. The Morgan fingerprint density at radius 1 is 1.47 bits per heavy atom. The van der Waals surface area contributed by atoms with Crippen molar-refractivity contribution >= 4 is 34.9 Å². The first kappa shape index (κ1) is 12.5. The quantitative estimate of drug-likeness (QED) is 0.635. The Bertz CT molecular complexity index is 420. The van der Waals surface area contributed by atoms with Crippen LogP contribution in [-0.2, 0) is 4.79 Å². The zero-order valence-electron chi connectivity index (χ0n) is 9.20. The number of aromatic nitrogens is 2. The number of anilines is 1. The van der Waals surface area contributed by atoms with Crippen molar-refractivity contribution in [2.24, 2.45) is 11.8 Å². The van der Waals surface area contributed by atoms with Gasteiger partial charge in [0, 0.05) is 12.6 Å². The number of hydrogen-bond donors (Lipinski definition) is 2. The summed E-state index contributed by atoms with van der Waals surface area (Å²) in [6, 6.07) is 1.47. The van der Waals surface area contributed by atoms with Gasteiger partial charge in [0.2, 0.25) is 11.2 Å². The van der Waals surface area contributed by atoms with Crippen molar-refractivity contribution in [3.8, 4) is 0 Å². The van der Waals surface area contributed by atoms with Crippen molar-refractivity contribution in [2.75, 3.05) is 18.4 Å². The summed E-state index contributed by atoms with van der Waals surface area (Å²) in [5, 5.41) is 6.09. The highest BCUT2D eigenvalue weighted by Gasteiger charge is 2.29. The lowest BCUT2D eigenvalue weighted by Gasteiger charge is -2.13. The molecule has 1 fully saturated rings. The van der Waals surface area contributed by atoms with Crippen LogP contribution in [0.4, 0.5) is 5.82 Å². The fourth-order valence-electron chi connectivity index (χ4n) is 1.83. The molecule has 1 aromatic heterocycles. The second-order valence-electron chi connectivity index (χ2n) is 4.08. The van der Waals surface area contributed by atoms with E-state index in [-0.39, 0.29) is 22.3 Å². The number of halogens is 2. The number of carbonyl (C=O) groups is 1. The second kappa shape index (κ2) is 5.16. The Labute approximate surface area is 109 Å². The molecule has 0 radical (unpaired) electrons. The molecule has 0 bridgehead atoms. The van der Waals surface area contributed by atoms with Crippen molar-refractivity contribution in [3.63, 3.8) is 0 Å². The van der Waals surface area contributed by atoms with Gasteiger partial charge in [-0.2, -0.15) is 0 Å². The SMILES string of the molecule is C[C@@H]1CNC[C@H]1C(=O)Nc1cc(Cl)nc(Cl)n1. The van der Waals surface area contributed by atoms with E-state index >= 15 is 0 Å². The molecule has 1 amide bonds. The Hall–Kier alpha value is -0.910. The van der Waals surface area contributed by atoms with E-state index in [1.54, 1.807) is 0 Å². The van der Waals surface area contributed by atoms with E-state index in [4.69, 9.17) is 23.2 Å². The van der Waals surface area contributed by atoms with E-state index in [0.717, 1.165) is 6.54 Å². The van der Waals surface area contributed by atoms with E-state index in [1.807, 2.05) is 6.92 Å². The van der Waals surface area contributed by atoms with Crippen molar-refractivity contribution in [3.05, 3.63) is 16.5 Å². The highest BCUT2D eigenvalue weighted by Crippen LogP contribution is 2.19. The predicted molar refractivity (Wildman–Crippen MR) is 66.2 cm³/mol. The first-order chi connectivity index (χ1) is 8.06. The molecule has 0 aromatic carbocycles. The van der Waals surface area contributed by atoms with Crippen LogP contribution >= 0.6 is 23.2 Å². The van der Waals surface area contributed by atoms with Gasteiger partial charge in [-0.1, -0.05) is 18.5 Å². The molecule has 0 spiro atoms. The topological polar surface area (TPSA) is 66.9 Å². The summed E-state index contributed by atoms with van der Waals surface area (Å²) in [7, 11) is 0. The summed E-state index contributed by atoms with van der Waals surface area (Å²) in [6.07, 6.45) is 0. The Kier molecular flexibility index (Phi) is 3.81. The Morgan fingerprint density at radius 2 is 2.24 bits per heavy atom. The largest absolute Gasteiger partial charge is 0.316 e. The lowest BCUT2D eigenvalue weighted by molar-refractivity contribution is -0.120. The van der Waals surface area contributed by atoms with Gasteiger partial charge in [-0.05, 0) is 24.1 Å². The zero-order chi connectivity index (χ0) is 12.4. The molecule has 1 aliphatic heterocycles. The summed E-state index contributed by atoms with van der Waals surface area (Å²) in [6.45, 7) is 3.56. The van der Waals surface area contributed by atoms with E-state index in [2.05, 4.69) is 20.6 Å². The van der Waals surface area contributed by atoms with E-state index in [1.165, 1.54) is 6.07 Å². The molecule has 2 N–H and O–H groups in total. The van der Waals surface area contributed by atoms with Crippen LogP contribution in [0, 0.1) is 11.8 Å². The lowest BCUT2D eigenvalue weighted by atomic mass is 9.97. The van der Waals surface area contributed by atoms with E-state index < -0.39 is 0 Å². The third-order valence-electron chi connectivity index (χ3n) is 2.77. The minimum Gasteiger partial charge on any atom is -0.316 e. The monoisotopic (exact) mass is 274 g/mol. The third kappa shape index (κ3) is 3.06. The molecule has 2 heterocycles. The lowest BCUT2D eigenvalue weighted by Crippen LogP contribution is -2.28. The number of amides is 1. The molecule has 1 aliphatic rings. The minimum absolute atomic E-state index is 0.0189. The normalized spacial score (nSPS) is 23.7. The fraction of sp³-hybridized carbons (Fsp3) is 0.500. The van der Waals surface area contributed by atoms with Crippen molar-refractivity contribution in [1.29, 1.82) is 0 Å². The van der Waals surface area contributed by atoms with Gasteiger partial charge in [0.15, 0.2) is 0 Å². The van der Waals surface area contributed by atoms with Gasteiger partial charge in [-0.25, -0.2) is 9.97 Å². The summed E-state index contributed by atoms with van der Waals surface area (Å²) in [5.74, 6) is 0.512. The van der Waals surface area contributed by atoms with Gasteiger partial charge in [0.1, 0.15) is 11.0 Å². The van der Waals surface area contributed by atoms with Crippen LogP contribution in [0.25, 0.3) is 0 Å². The molecule has 92 valence electrons.